The number of halogens is 3. The molecule has 0 bridgehead atoms. The van der Waals surface area contributed by atoms with Gasteiger partial charge in [-0.05, 0) is 67.5 Å². The van der Waals surface area contributed by atoms with Crippen molar-refractivity contribution < 1.29 is 52.5 Å². The molecule has 2 aliphatic carbocycles. The van der Waals surface area contributed by atoms with Crippen LogP contribution < -0.4 is 16.4 Å². The van der Waals surface area contributed by atoms with Crippen molar-refractivity contribution in [2.45, 2.75) is 89.0 Å². The lowest BCUT2D eigenvalue weighted by molar-refractivity contribution is -0.192. The number of pyridine rings is 1. The van der Waals surface area contributed by atoms with Crippen LogP contribution >= 0.6 is 0 Å². The lowest BCUT2D eigenvalue weighted by Gasteiger charge is -2.47. The number of carbonyl (C=O) groups excluding carboxylic acids is 2. The van der Waals surface area contributed by atoms with Crippen molar-refractivity contribution in [1.29, 1.82) is 0 Å². The summed E-state index contributed by atoms with van der Waals surface area (Å²) in [6.45, 7) is 1.04. The fourth-order valence-corrected chi connectivity index (χ4v) is 6.59. The number of nitrogens with one attached hydrogen (secondary N) is 2. The molecule has 1 aromatic heterocycles. The molecule has 4 rings (SSSR count). The van der Waals surface area contributed by atoms with Crippen molar-refractivity contribution in [1.82, 2.24) is 15.2 Å². The van der Waals surface area contributed by atoms with Gasteiger partial charge in [-0.2, -0.15) is 13.2 Å². The average Bonchev–Trinajstić information content (AvgIpc) is 3.03. The van der Waals surface area contributed by atoms with Gasteiger partial charge in [0.15, 0.2) is 0 Å². The van der Waals surface area contributed by atoms with Gasteiger partial charge in [-0.1, -0.05) is 44.2 Å². The minimum atomic E-state index is -5.08. The number of alkyl halides is 3. The zero-order valence-corrected chi connectivity index (χ0v) is 26.6. The summed E-state index contributed by atoms with van der Waals surface area (Å²) in [6, 6.07) is 6.46. The van der Waals surface area contributed by atoms with Crippen LogP contribution in [-0.2, 0) is 30.5 Å². The van der Waals surface area contributed by atoms with Gasteiger partial charge in [0.1, 0.15) is 17.9 Å². The van der Waals surface area contributed by atoms with E-state index >= 15 is 0 Å². The van der Waals surface area contributed by atoms with E-state index < -0.39 is 47.5 Å². The predicted molar refractivity (Wildman–Crippen MR) is 168 cm³/mol. The van der Waals surface area contributed by atoms with E-state index in [0.717, 1.165) is 29.2 Å². The molecule has 1 atom stereocenters. The van der Waals surface area contributed by atoms with Gasteiger partial charge in [-0.15, -0.1) is 0 Å². The maximum Gasteiger partial charge on any atom is 0.490 e. The number of aliphatic carboxylic acids is 3. The third-order valence-corrected chi connectivity index (χ3v) is 9.03. The van der Waals surface area contributed by atoms with Crippen molar-refractivity contribution >= 4 is 46.3 Å². The van der Waals surface area contributed by atoms with Crippen LogP contribution in [0.2, 0.25) is 0 Å². The van der Waals surface area contributed by atoms with E-state index in [9.17, 15) is 37.5 Å². The van der Waals surface area contributed by atoms with Gasteiger partial charge in [0.2, 0.25) is 11.8 Å². The monoisotopic (exact) mass is 681 g/mol. The summed E-state index contributed by atoms with van der Waals surface area (Å²) >= 11 is 0. The van der Waals surface area contributed by atoms with Crippen LogP contribution in [0.15, 0.2) is 30.5 Å². The second kappa shape index (κ2) is 16.7. The number of amides is 2. The molecule has 0 saturated heterocycles. The number of benzene rings is 1. The Morgan fingerprint density at radius 2 is 1.58 bits per heavy atom. The topological polar surface area (TPSA) is 212 Å². The highest BCUT2D eigenvalue weighted by Gasteiger charge is 2.48. The maximum atomic E-state index is 13.8. The van der Waals surface area contributed by atoms with E-state index in [0.29, 0.717) is 30.5 Å². The SMILES string of the molecule is C[C@H](N)C(=O)NC(=O)C1(N(CC(=O)O)Cc2ccc3c(NCC(=O)O)nccc3c2)CCC(C2CCCCC2)CC1.O=C(O)C(F)(F)F. The molecule has 264 valence electrons. The molecule has 0 aliphatic heterocycles. The summed E-state index contributed by atoms with van der Waals surface area (Å²) in [6.07, 6.45) is 5.11. The summed E-state index contributed by atoms with van der Waals surface area (Å²) in [4.78, 5) is 64.3. The van der Waals surface area contributed by atoms with Gasteiger partial charge in [0.25, 0.3) is 0 Å². The normalized spacial score (nSPS) is 20.7. The van der Waals surface area contributed by atoms with Crippen LogP contribution in [0.25, 0.3) is 10.8 Å². The molecule has 2 amide bonds. The minimum Gasteiger partial charge on any atom is -0.480 e. The van der Waals surface area contributed by atoms with Crippen molar-refractivity contribution in [2.24, 2.45) is 17.6 Å². The Morgan fingerprint density at radius 1 is 0.979 bits per heavy atom. The summed E-state index contributed by atoms with van der Waals surface area (Å²) in [5, 5.41) is 32.9. The third-order valence-electron chi connectivity index (χ3n) is 9.03. The van der Waals surface area contributed by atoms with Crippen molar-refractivity contribution in [3.8, 4) is 0 Å². The van der Waals surface area contributed by atoms with Gasteiger partial charge >= 0.3 is 24.1 Å². The Labute approximate surface area is 275 Å². The molecule has 48 heavy (non-hydrogen) atoms. The number of carboxylic acids is 3. The first-order chi connectivity index (χ1) is 22.5. The lowest BCUT2D eigenvalue weighted by atomic mass is 9.67. The Hall–Kier alpha value is -4.31. The molecule has 13 nitrogen and oxygen atoms in total. The van der Waals surface area contributed by atoms with Crippen molar-refractivity contribution in [3.63, 3.8) is 0 Å². The molecule has 0 spiro atoms. The number of carboxylic acid groups (broad SMARTS) is 3. The van der Waals surface area contributed by atoms with Crippen molar-refractivity contribution in [3.05, 3.63) is 36.0 Å². The average molecular weight is 682 g/mol. The quantitative estimate of drug-likeness (QED) is 0.200. The molecular formula is C32H42F3N5O8. The number of carbonyl (C=O) groups is 5. The van der Waals surface area contributed by atoms with E-state index in [2.05, 4.69) is 15.6 Å². The van der Waals surface area contributed by atoms with E-state index in [1.807, 2.05) is 18.2 Å². The molecule has 2 aliphatic rings. The molecule has 2 saturated carbocycles. The lowest BCUT2D eigenvalue weighted by Crippen LogP contribution is -2.63. The molecular weight excluding hydrogens is 639 g/mol. The predicted octanol–water partition coefficient (Wildman–Crippen LogP) is 3.75. The number of nitrogens with two attached hydrogens (primary N) is 1. The van der Waals surface area contributed by atoms with Gasteiger partial charge in [0, 0.05) is 18.1 Å². The molecule has 7 N–H and O–H groups in total. The van der Waals surface area contributed by atoms with Gasteiger partial charge < -0.3 is 26.4 Å². The first-order valence-corrected chi connectivity index (χ1v) is 15.7. The van der Waals surface area contributed by atoms with E-state index in [4.69, 9.17) is 20.7 Å². The summed E-state index contributed by atoms with van der Waals surface area (Å²) in [5.74, 6) is -4.35. The first kappa shape index (κ1) is 38.1. The van der Waals surface area contributed by atoms with Crippen LogP contribution in [0.3, 0.4) is 0 Å². The van der Waals surface area contributed by atoms with Gasteiger partial charge in [-0.25, -0.2) is 9.78 Å². The zero-order chi connectivity index (χ0) is 35.6. The van der Waals surface area contributed by atoms with Crippen LogP contribution in [0.5, 0.6) is 0 Å². The summed E-state index contributed by atoms with van der Waals surface area (Å²) in [7, 11) is 0. The standard InChI is InChI=1S/C30H41N5O6.C2HF3O2/c1-19(31)28(40)34-29(41)30(12-9-22(10-13-30)21-5-3-2-4-6-21)35(18-26(38)39)17-20-7-8-24-23(15-20)11-14-32-27(24)33-16-25(36)37;3-2(4,5)1(6)7/h7-8,11,14-15,19,21-22H,2-6,9-10,12-13,16-18,31H2,1H3,(H,32,33)(H,36,37)(H,38,39)(H,34,40,41);(H,6,7)/t19-,22?,30?;/m0./s1. The molecule has 2 fully saturated rings. The molecule has 1 aromatic carbocycles. The van der Waals surface area contributed by atoms with E-state index in [1.165, 1.54) is 39.0 Å². The number of hydrogen-bond donors (Lipinski definition) is 6. The summed E-state index contributed by atoms with van der Waals surface area (Å²) < 4.78 is 31.7. The number of fused-ring (bicyclic) bond motifs is 1. The highest BCUT2D eigenvalue weighted by atomic mass is 19.4. The second-order valence-electron chi connectivity index (χ2n) is 12.4. The molecule has 16 heteroatoms. The van der Waals surface area contributed by atoms with Gasteiger partial charge in [0.05, 0.1) is 12.6 Å². The highest BCUT2D eigenvalue weighted by Crippen LogP contribution is 2.44. The molecule has 1 heterocycles. The van der Waals surface area contributed by atoms with Crippen molar-refractivity contribution in [2.75, 3.05) is 18.4 Å². The number of hydrogen-bond acceptors (Lipinski definition) is 9. The minimum absolute atomic E-state index is 0.177. The Morgan fingerprint density at radius 3 is 2.12 bits per heavy atom. The Kier molecular flexibility index (Phi) is 13.3. The molecule has 2 aromatic rings. The van der Waals surface area contributed by atoms with Gasteiger partial charge in [-0.3, -0.25) is 29.4 Å². The van der Waals surface area contributed by atoms with Crippen LogP contribution in [0.1, 0.15) is 70.3 Å². The smallest absolute Gasteiger partial charge is 0.480 e. The molecule has 0 radical (unpaired) electrons. The number of nitrogens with zero attached hydrogens (tertiary/aromatic N) is 2. The Bertz CT molecular complexity index is 1470. The highest BCUT2D eigenvalue weighted by molar-refractivity contribution is 6.02. The maximum absolute atomic E-state index is 13.8. The van der Waals surface area contributed by atoms with Crippen LogP contribution in [-0.4, -0.2) is 85.8 Å². The first-order valence-electron chi connectivity index (χ1n) is 15.7. The second-order valence-corrected chi connectivity index (χ2v) is 12.4. The fourth-order valence-electron chi connectivity index (χ4n) is 6.59. The molecule has 0 unspecified atom stereocenters. The number of anilines is 1. The van der Waals surface area contributed by atoms with E-state index in [1.54, 1.807) is 17.2 Å². The van der Waals surface area contributed by atoms with Crippen LogP contribution in [0.4, 0.5) is 19.0 Å². The number of rotatable bonds is 11. The summed E-state index contributed by atoms with van der Waals surface area (Å²) in [5.41, 5.74) is 5.36. The van der Waals surface area contributed by atoms with E-state index in [-0.39, 0.29) is 19.6 Å². The largest absolute Gasteiger partial charge is 0.490 e. The number of imide groups is 1. The number of aromatic nitrogens is 1. The fraction of sp³-hybridized carbons (Fsp3) is 0.562. The zero-order valence-electron chi connectivity index (χ0n) is 26.6. The van der Waals surface area contributed by atoms with Crippen LogP contribution in [0, 0.1) is 11.8 Å². The third kappa shape index (κ3) is 10.3. The Balaban J connectivity index is 0.000000804.